The molecule has 0 aromatic heterocycles. The molecule has 0 saturated heterocycles. The van der Waals surface area contributed by atoms with E-state index in [1.165, 1.54) is 0 Å². The standard InChI is InChI=1S/C22H14BrCl2NO/c23-19-7-4-15(5-8-19)14-27-20-3-1-2-16(11-20)10-18(13-26)17-6-9-21(24)22(25)12-17/h1-12H,14H2/b18-10-. The summed E-state index contributed by atoms with van der Waals surface area (Å²) in [6, 6.07) is 22.9. The summed E-state index contributed by atoms with van der Waals surface area (Å²) in [5, 5.41) is 10.4. The Morgan fingerprint density at radius 3 is 2.48 bits per heavy atom. The van der Waals surface area contributed by atoms with Crippen LogP contribution < -0.4 is 4.74 Å². The van der Waals surface area contributed by atoms with E-state index in [4.69, 9.17) is 27.9 Å². The minimum atomic E-state index is 0.418. The average Bonchev–Trinajstić information content (AvgIpc) is 2.68. The van der Waals surface area contributed by atoms with E-state index in [9.17, 15) is 5.26 Å². The smallest absolute Gasteiger partial charge is 0.120 e. The van der Waals surface area contributed by atoms with Crippen molar-refractivity contribution in [2.75, 3.05) is 0 Å². The lowest BCUT2D eigenvalue weighted by Crippen LogP contribution is -1.95. The summed E-state index contributed by atoms with van der Waals surface area (Å²) < 4.78 is 6.89. The van der Waals surface area contributed by atoms with Gasteiger partial charge in [-0.05, 0) is 59.2 Å². The zero-order valence-electron chi connectivity index (χ0n) is 14.1. The molecule has 0 heterocycles. The van der Waals surface area contributed by atoms with Crippen LogP contribution >= 0.6 is 39.1 Å². The van der Waals surface area contributed by atoms with E-state index < -0.39 is 0 Å². The Bertz CT molecular complexity index is 1020. The Morgan fingerprint density at radius 1 is 1.00 bits per heavy atom. The Hall–Kier alpha value is -2.25. The second-order valence-corrected chi connectivity index (χ2v) is 7.52. The van der Waals surface area contributed by atoms with Crippen molar-refractivity contribution in [1.82, 2.24) is 0 Å². The van der Waals surface area contributed by atoms with Crippen LogP contribution in [0.4, 0.5) is 0 Å². The van der Waals surface area contributed by atoms with Crippen molar-refractivity contribution in [3.8, 4) is 11.8 Å². The monoisotopic (exact) mass is 457 g/mol. The van der Waals surface area contributed by atoms with Gasteiger partial charge in [0.15, 0.2) is 0 Å². The van der Waals surface area contributed by atoms with Crippen molar-refractivity contribution in [3.63, 3.8) is 0 Å². The summed E-state index contributed by atoms with van der Waals surface area (Å²) in [7, 11) is 0. The summed E-state index contributed by atoms with van der Waals surface area (Å²) in [4.78, 5) is 0. The number of hydrogen-bond acceptors (Lipinski definition) is 2. The van der Waals surface area contributed by atoms with Crippen molar-refractivity contribution < 1.29 is 4.74 Å². The Kier molecular flexibility index (Phi) is 6.58. The number of halogens is 3. The van der Waals surface area contributed by atoms with E-state index in [-0.39, 0.29) is 0 Å². The van der Waals surface area contributed by atoms with Gasteiger partial charge in [-0.15, -0.1) is 0 Å². The molecular weight excluding hydrogens is 445 g/mol. The topological polar surface area (TPSA) is 33.0 Å². The van der Waals surface area contributed by atoms with Gasteiger partial charge >= 0.3 is 0 Å². The minimum absolute atomic E-state index is 0.418. The molecular formula is C22H14BrCl2NO. The van der Waals surface area contributed by atoms with E-state index in [1.54, 1.807) is 24.3 Å². The van der Waals surface area contributed by atoms with Crippen LogP contribution in [0.25, 0.3) is 11.6 Å². The lowest BCUT2D eigenvalue weighted by Gasteiger charge is -2.08. The summed E-state index contributed by atoms with van der Waals surface area (Å²) in [5.74, 6) is 0.734. The number of benzene rings is 3. The lowest BCUT2D eigenvalue weighted by molar-refractivity contribution is 0.306. The molecule has 0 aliphatic rings. The quantitative estimate of drug-likeness (QED) is 0.294. The molecule has 0 aliphatic heterocycles. The van der Waals surface area contributed by atoms with Crippen LogP contribution in [0.2, 0.25) is 10.0 Å². The highest BCUT2D eigenvalue weighted by atomic mass is 79.9. The summed E-state index contributed by atoms with van der Waals surface area (Å²) in [5.41, 5.74) is 3.16. The van der Waals surface area contributed by atoms with Crippen LogP contribution in [0.3, 0.4) is 0 Å². The van der Waals surface area contributed by atoms with Gasteiger partial charge in [-0.3, -0.25) is 0 Å². The molecule has 134 valence electrons. The third-order valence-electron chi connectivity index (χ3n) is 3.84. The lowest BCUT2D eigenvalue weighted by atomic mass is 10.0. The van der Waals surface area contributed by atoms with Gasteiger partial charge in [-0.1, -0.05) is 69.5 Å². The first-order valence-electron chi connectivity index (χ1n) is 8.10. The minimum Gasteiger partial charge on any atom is -0.489 e. The van der Waals surface area contributed by atoms with Crippen LogP contribution in [-0.4, -0.2) is 0 Å². The normalized spacial score (nSPS) is 11.1. The largest absolute Gasteiger partial charge is 0.489 e. The molecule has 3 aromatic rings. The van der Waals surface area contributed by atoms with E-state index in [2.05, 4.69) is 22.0 Å². The Morgan fingerprint density at radius 2 is 1.78 bits per heavy atom. The predicted octanol–water partition coefficient (Wildman–Crippen LogP) is 7.40. The van der Waals surface area contributed by atoms with Gasteiger partial charge < -0.3 is 4.74 Å². The maximum Gasteiger partial charge on any atom is 0.120 e. The fraction of sp³-hybridized carbons (Fsp3) is 0.0455. The van der Waals surface area contributed by atoms with Crippen LogP contribution in [-0.2, 0) is 6.61 Å². The van der Waals surface area contributed by atoms with E-state index in [0.717, 1.165) is 21.3 Å². The number of rotatable bonds is 5. The van der Waals surface area contributed by atoms with Gasteiger partial charge in [0.05, 0.1) is 21.7 Å². The molecule has 0 N–H and O–H groups in total. The van der Waals surface area contributed by atoms with Gasteiger partial charge in [-0.25, -0.2) is 0 Å². The van der Waals surface area contributed by atoms with E-state index in [1.807, 2.05) is 48.5 Å². The number of hydrogen-bond donors (Lipinski definition) is 0. The van der Waals surface area contributed by atoms with E-state index >= 15 is 0 Å². The molecule has 0 amide bonds. The molecule has 0 atom stereocenters. The van der Waals surface area contributed by atoms with Crippen LogP contribution in [0.5, 0.6) is 5.75 Å². The zero-order valence-corrected chi connectivity index (χ0v) is 17.2. The predicted molar refractivity (Wildman–Crippen MR) is 115 cm³/mol. The fourth-order valence-electron chi connectivity index (χ4n) is 2.45. The third kappa shape index (κ3) is 5.37. The molecule has 0 aliphatic carbocycles. The van der Waals surface area contributed by atoms with Crippen LogP contribution in [0.1, 0.15) is 16.7 Å². The number of nitrogens with zero attached hydrogens (tertiary/aromatic N) is 1. The highest BCUT2D eigenvalue weighted by Crippen LogP contribution is 2.27. The van der Waals surface area contributed by atoms with E-state index in [0.29, 0.717) is 27.8 Å². The molecule has 2 nitrogen and oxygen atoms in total. The first-order valence-corrected chi connectivity index (χ1v) is 9.64. The van der Waals surface area contributed by atoms with Crippen molar-refractivity contribution in [3.05, 3.63) is 97.9 Å². The number of ether oxygens (including phenoxy) is 1. The first-order chi connectivity index (χ1) is 13.0. The molecule has 0 fully saturated rings. The first kappa shape index (κ1) is 19.5. The maximum atomic E-state index is 9.52. The van der Waals surface area contributed by atoms with Gasteiger partial charge in [0.1, 0.15) is 12.4 Å². The van der Waals surface area contributed by atoms with Crippen LogP contribution in [0, 0.1) is 11.3 Å². The molecule has 0 radical (unpaired) electrons. The Balaban J connectivity index is 1.79. The molecule has 27 heavy (non-hydrogen) atoms. The van der Waals surface area contributed by atoms with Crippen molar-refractivity contribution >= 4 is 50.8 Å². The molecule has 5 heteroatoms. The highest BCUT2D eigenvalue weighted by Gasteiger charge is 2.05. The van der Waals surface area contributed by atoms with Gasteiger partial charge in [0, 0.05) is 4.47 Å². The second kappa shape index (κ2) is 9.10. The van der Waals surface area contributed by atoms with Crippen LogP contribution in [0.15, 0.2) is 71.2 Å². The molecule has 3 rings (SSSR count). The third-order valence-corrected chi connectivity index (χ3v) is 5.11. The van der Waals surface area contributed by atoms with Gasteiger partial charge in [-0.2, -0.15) is 5.26 Å². The molecule has 0 bridgehead atoms. The Labute approximate surface area is 176 Å². The second-order valence-electron chi connectivity index (χ2n) is 5.79. The summed E-state index contributed by atoms with van der Waals surface area (Å²) >= 11 is 15.4. The maximum absolute atomic E-state index is 9.52. The fourth-order valence-corrected chi connectivity index (χ4v) is 3.01. The SMILES string of the molecule is N#C/C(=C/c1cccc(OCc2ccc(Br)cc2)c1)c1ccc(Cl)c(Cl)c1. The molecule has 3 aromatic carbocycles. The highest BCUT2D eigenvalue weighted by molar-refractivity contribution is 9.10. The van der Waals surface area contributed by atoms with Gasteiger partial charge in [0.25, 0.3) is 0 Å². The average molecular weight is 459 g/mol. The molecule has 0 unspecified atom stereocenters. The van der Waals surface area contributed by atoms with Crippen molar-refractivity contribution in [2.24, 2.45) is 0 Å². The zero-order chi connectivity index (χ0) is 19.2. The summed E-state index contributed by atoms with van der Waals surface area (Å²) in [6.45, 7) is 0.471. The molecule has 0 spiro atoms. The summed E-state index contributed by atoms with van der Waals surface area (Å²) in [6.07, 6.45) is 1.80. The molecule has 0 saturated carbocycles. The van der Waals surface area contributed by atoms with Crippen molar-refractivity contribution in [1.29, 1.82) is 5.26 Å². The van der Waals surface area contributed by atoms with Crippen molar-refractivity contribution in [2.45, 2.75) is 6.61 Å². The number of nitriles is 1. The van der Waals surface area contributed by atoms with Gasteiger partial charge in [0.2, 0.25) is 0 Å². The number of allylic oxidation sites excluding steroid dienone is 1.